The minimum Gasteiger partial charge on any atom is -0.404 e. The van der Waals surface area contributed by atoms with Gasteiger partial charge in [-0.15, -0.1) is 0 Å². The van der Waals surface area contributed by atoms with E-state index >= 15 is 0 Å². The average Bonchev–Trinajstić information content (AvgIpc) is 2.44. The van der Waals surface area contributed by atoms with Crippen LogP contribution in [0.15, 0.2) is 18.2 Å². The van der Waals surface area contributed by atoms with E-state index in [0.29, 0.717) is 15.6 Å². The molecule has 1 rings (SSSR count). The molecule has 1 atom stereocenters. The van der Waals surface area contributed by atoms with Crippen LogP contribution < -0.4 is 0 Å². The van der Waals surface area contributed by atoms with Gasteiger partial charge in [0.1, 0.15) is 6.10 Å². The van der Waals surface area contributed by atoms with Gasteiger partial charge in [0.05, 0.1) is 0 Å². The van der Waals surface area contributed by atoms with Crippen LogP contribution in [0.5, 0.6) is 0 Å². The zero-order valence-electron chi connectivity index (χ0n) is 12.6. The lowest BCUT2D eigenvalue weighted by atomic mass is 10.1. The maximum atomic E-state index is 11.0. The molecule has 118 valence electrons. The van der Waals surface area contributed by atoms with Crippen molar-refractivity contribution < 1.29 is 9.35 Å². The van der Waals surface area contributed by atoms with Gasteiger partial charge in [-0.3, -0.25) is 10.1 Å². The summed E-state index contributed by atoms with van der Waals surface area (Å²) in [6.45, 7) is 5.92. The van der Waals surface area contributed by atoms with Crippen molar-refractivity contribution in [3.8, 4) is 0 Å². The minimum absolute atomic E-state index is 0.321. The van der Waals surface area contributed by atoms with E-state index in [1.165, 1.54) is 0 Å². The van der Waals surface area contributed by atoms with Crippen molar-refractivity contribution in [1.29, 1.82) is 0 Å². The maximum Gasteiger partial charge on any atom is 0.232 e. The molecule has 1 unspecified atom stereocenters. The summed E-state index contributed by atoms with van der Waals surface area (Å²) in [7, 11) is -2.00. The SMILES string of the molecule is CC[Si](CC)(CC)OC(C[N+](=O)[O-])c1c(Cl)cccc1Cl. The fourth-order valence-corrected chi connectivity index (χ4v) is 5.88. The highest BCUT2D eigenvalue weighted by Crippen LogP contribution is 2.36. The summed E-state index contributed by atoms with van der Waals surface area (Å²) in [4.78, 5) is 10.6. The number of nitro groups is 1. The summed E-state index contributed by atoms with van der Waals surface area (Å²) in [6.07, 6.45) is -0.687. The van der Waals surface area contributed by atoms with Gasteiger partial charge in [-0.2, -0.15) is 0 Å². The second-order valence-electron chi connectivity index (χ2n) is 5.00. The van der Waals surface area contributed by atoms with E-state index in [1.807, 2.05) is 0 Å². The summed E-state index contributed by atoms with van der Waals surface area (Å²) in [6, 6.07) is 7.84. The first-order chi connectivity index (χ1) is 9.89. The number of hydrogen-bond donors (Lipinski definition) is 0. The lowest BCUT2D eigenvalue weighted by Crippen LogP contribution is -2.39. The Morgan fingerprint density at radius 2 is 1.67 bits per heavy atom. The smallest absolute Gasteiger partial charge is 0.232 e. The predicted molar refractivity (Wildman–Crippen MR) is 89.3 cm³/mol. The zero-order chi connectivity index (χ0) is 16.0. The lowest BCUT2D eigenvalue weighted by Gasteiger charge is -2.32. The van der Waals surface area contributed by atoms with Gasteiger partial charge < -0.3 is 4.43 Å². The highest BCUT2D eigenvalue weighted by Gasteiger charge is 2.36. The van der Waals surface area contributed by atoms with Crippen LogP contribution in [0, 0.1) is 10.1 Å². The average molecular weight is 350 g/mol. The van der Waals surface area contributed by atoms with Gasteiger partial charge in [-0.1, -0.05) is 50.0 Å². The van der Waals surface area contributed by atoms with Crippen LogP contribution in [0.2, 0.25) is 28.2 Å². The molecule has 0 spiro atoms. The van der Waals surface area contributed by atoms with Gasteiger partial charge in [0, 0.05) is 20.5 Å². The molecule has 0 fully saturated rings. The Morgan fingerprint density at radius 1 is 1.19 bits per heavy atom. The Labute approximate surface area is 136 Å². The van der Waals surface area contributed by atoms with Crippen LogP contribution in [-0.2, 0) is 4.43 Å². The summed E-state index contributed by atoms with van der Waals surface area (Å²) in [5.41, 5.74) is 0.532. The molecule has 0 heterocycles. The normalized spacial score (nSPS) is 13.2. The third-order valence-corrected chi connectivity index (χ3v) is 9.27. The molecule has 0 aromatic heterocycles. The quantitative estimate of drug-likeness (QED) is 0.362. The number of hydrogen-bond acceptors (Lipinski definition) is 3. The molecule has 0 aliphatic heterocycles. The Bertz CT molecular complexity index is 467. The molecular formula is C14H21Cl2NO3Si. The van der Waals surface area contributed by atoms with E-state index in [4.69, 9.17) is 27.6 Å². The van der Waals surface area contributed by atoms with Crippen molar-refractivity contribution in [1.82, 2.24) is 0 Å². The second-order valence-corrected chi connectivity index (χ2v) is 10.5. The molecule has 4 nitrogen and oxygen atoms in total. The standard InChI is InChI=1S/C14H21Cl2NO3Si/c1-4-21(5-2,6-3)20-13(10-17(18)19)14-11(15)8-7-9-12(14)16/h7-9,13H,4-6,10H2,1-3H3. The van der Waals surface area contributed by atoms with Crippen LogP contribution >= 0.6 is 23.2 Å². The lowest BCUT2D eigenvalue weighted by molar-refractivity contribution is -0.490. The first kappa shape index (κ1) is 18.4. The molecule has 0 saturated heterocycles. The van der Waals surface area contributed by atoms with Crippen molar-refractivity contribution in [2.75, 3.05) is 6.54 Å². The molecule has 1 aromatic carbocycles. The van der Waals surface area contributed by atoms with Crippen LogP contribution in [0.1, 0.15) is 32.4 Å². The molecule has 0 N–H and O–H groups in total. The topological polar surface area (TPSA) is 52.4 Å². The van der Waals surface area contributed by atoms with E-state index < -0.39 is 14.4 Å². The molecule has 0 aliphatic rings. The Kier molecular flexibility index (Phi) is 7.13. The van der Waals surface area contributed by atoms with Gasteiger partial charge >= 0.3 is 0 Å². The summed E-state index contributed by atoms with van der Waals surface area (Å²) in [5.74, 6) is 0. The molecule has 7 heteroatoms. The van der Waals surface area contributed by atoms with Crippen LogP contribution in [0.3, 0.4) is 0 Å². The number of halogens is 2. The summed E-state index contributed by atoms with van der Waals surface area (Å²) >= 11 is 12.4. The van der Waals surface area contributed by atoms with E-state index in [-0.39, 0.29) is 11.5 Å². The Balaban J connectivity index is 3.20. The third-order valence-electron chi connectivity index (χ3n) is 3.96. The van der Waals surface area contributed by atoms with Crippen molar-refractivity contribution in [2.24, 2.45) is 0 Å². The Morgan fingerprint density at radius 3 is 2.05 bits per heavy atom. The van der Waals surface area contributed by atoms with E-state index in [0.717, 1.165) is 18.1 Å². The van der Waals surface area contributed by atoms with Gasteiger partial charge in [0.2, 0.25) is 6.54 Å². The fraction of sp³-hybridized carbons (Fsp3) is 0.571. The molecule has 0 bridgehead atoms. The Hall–Kier alpha value is -0.623. The maximum absolute atomic E-state index is 11.0. The largest absolute Gasteiger partial charge is 0.404 e. The van der Waals surface area contributed by atoms with Crippen LogP contribution in [0.4, 0.5) is 0 Å². The molecule has 1 aromatic rings. The van der Waals surface area contributed by atoms with Gasteiger partial charge in [-0.05, 0) is 30.3 Å². The van der Waals surface area contributed by atoms with Crippen LogP contribution in [0.25, 0.3) is 0 Å². The van der Waals surface area contributed by atoms with Gasteiger partial charge in [-0.25, -0.2) is 0 Å². The summed E-state index contributed by atoms with van der Waals surface area (Å²) in [5, 5.41) is 11.8. The fourth-order valence-electron chi connectivity index (χ4n) is 2.44. The minimum atomic E-state index is -2.00. The van der Waals surface area contributed by atoms with E-state index in [1.54, 1.807) is 18.2 Å². The molecule has 0 amide bonds. The first-order valence-corrected chi connectivity index (χ1v) is 10.4. The molecule has 0 radical (unpaired) electrons. The van der Waals surface area contributed by atoms with Crippen LogP contribution in [-0.4, -0.2) is 19.8 Å². The van der Waals surface area contributed by atoms with E-state index in [9.17, 15) is 10.1 Å². The highest BCUT2D eigenvalue weighted by atomic mass is 35.5. The number of rotatable bonds is 8. The second kappa shape index (κ2) is 8.13. The predicted octanol–water partition coefficient (Wildman–Crippen LogP) is 5.33. The van der Waals surface area contributed by atoms with Crippen molar-refractivity contribution >= 4 is 31.5 Å². The van der Waals surface area contributed by atoms with Gasteiger partial charge in [0.15, 0.2) is 8.32 Å². The monoisotopic (exact) mass is 349 g/mol. The van der Waals surface area contributed by atoms with Crippen molar-refractivity contribution in [3.63, 3.8) is 0 Å². The van der Waals surface area contributed by atoms with Crippen molar-refractivity contribution in [3.05, 3.63) is 43.9 Å². The van der Waals surface area contributed by atoms with Crippen molar-refractivity contribution in [2.45, 2.75) is 45.0 Å². The van der Waals surface area contributed by atoms with Gasteiger partial charge in [0.25, 0.3) is 0 Å². The molecule has 0 saturated carbocycles. The molecule has 0 aliphatic carbocycles. The summed E-state index contributed by atoms with van der Waals surface area (Å²) < 4.78 is 6.27. The number of nitrogens with zero attached hydrogens (tertiary/aromatic N) is 1. The molecule has 21 heavy (non-hydrogen) atoms. The van der Waals surface area contributed by atoms with E-state index in [2.05, 4.69) is 20.8 Å². The molecular weight excluding hydrogens is 329 g/mol. The number of benzene rings is 1. The third kappa shape index (κ3) is 4.68. The zero-order valence-corrected chi connectivity index (χ0v) is 15.1. The first-order valence-electron chi connectivity index (χ1n) is 7.12. The highest BCUT2D eigenvalue weighted by molar-refractivity contribution is 6.73.